The van der Waals surface area contributed by atoms with Gasteiger partial charge in [0.2, 0.25) is 0 Å². The van der Waals surface area contributed by atoms with Crippen LogP contribution in [0, 0.1) is 5.41 Å². The van der Waals surface area contributed by atoms with Gasteiger partial charge in [0.05, 0.1) is 0 Å². The van der Waals surface area contributed by atoms with Crippen molar-refractivity contribution in [3.63, 3.8) is 0 Å². The van der Waals surface area contributed by atoms with E-state index in [4.69, 9.17) is 5.11 Å². The van der Waals surface area contributed by atoms with E-state index >= 15 is 0 Å². The molecule has 1 unspecified atom stereocenters. The molecule has 1 aliphatic carbocycles. The first-order chi connectivity index (χ1) is 7.81. The van der Waals surface area contributed by atoms with Gasteiger partial charge in [-0.25, -0.2) is 9.59 Å². The summed E-state index contributed by atoms with van der Waals surface area (Å²) in [6, 6.07) is -0.392. The molecule has 0 aromatic carbocycles. The third kappa shape index (κ3) is 3.91. The fourth-order valence-corrected chi connectivity index (χ4v) is 1.70. The van der Waals surface area contributed by atoms with Crippen LogP contribution in [0.1, 0.15) is 46.5 Å². The molecule has 0 aromatic heterocycles. The minimum Gasteiger partial charge on any atom is -0.480 e. The molecule has 3 N–H and O–H groups in total. The predicted molar refractivity (Wildman–Crippen MR) is 64.8 cm³/mol. The van der Waals surface area contributed by atoms with E-state index in [0.717, 1.165) is 12.8 Å². The highest BCUT2D eigenvalue weighted by Gasteiger charge is 2.38. The number of carboxylic acids is 1. The molecule has 1 atom stereocenters. The molecule has 0 aromatic rings. The zero-order chi connectivity index (χ0) is 13.1. The van der Waals surface area contributed by atoms with Crippen molar-refractivity contribution in [3.8, 4) is 0 Å². The molecule has 0 heterocycles. The fourth-order valence-electron chi connectivity index (χ4n) is 1.70. The summed E-state index contributed by atoms with van der Waals surface area (Å²) in [4.78, 5) is 22.7. The van der Waals surface area contributed by atoms with Crippen LogP contribution in [0.4, 0.5) is 4.79 Å². The normalized spacial score (nSPS) is 20.2. The molecule has 1 saturated carbocycles. The molecule has 0 saturated heterocycles. The minimum absolute atomic E-state index is 0.224. The quantitative estimate of drug-likeness (QED) is 0.663. The van der Waals surface area contributed by atoms with Crippen molar-refractivity contribution in [1.82, 2.24) is 10.6 Å². The predicted octanol–water partition coefficient (Wildman–Crippen LogP) is 1.73. The Labute approximate surface area is 102 Å². The number of rotatable bonds is 6. The van der Waals surface area contributed by atoms with Crippen LogP contribution in [0.2, 0.25) is 0 Å². The standard InChI is InChI=1S/C12H22N2O3/c1-4-5-12(3,9(15)16)14-10(17)13-8-11(2)6-7-11/h4-8H2,1-3H3,(H,15,16)(H2,13,14,17). The Morgan fingerprint density at radius 2 is 2.00 bits per heavy atom. The average Bonchev–Trinajstić information content (AvgIpc) is 2.94. The molecule has 1 rings (SSSR count). The summed E-state index contributed by atoms with van der Waals surface area (Å²) in [7, 11) is 0. The number of aliphatic carboxylic acids is 1. The van der Waals surface area contributed by atoms with Gasteiger partial charge in [-0.05, 0) is 31.6 Å². The first-order valence-corrected chi connectivity index (χ1v) is 6.11. The van der Waals surface area contributed by atoms with Crippen LogP contribution in [0.3, 0.4) is 0 Å². The second-order valence-corrected chi connectivity index (χ2v) is 5.51. The van der Waals surface area contributed by atoms with Crippen LogP contribution in [0.15, 0.2) is 0 Å². The van der Waals surface area contributed by atoms with Crippen LogP contribution in [-0.2, 0) is 4.79 Å². The maximum absolute atomic E-state index is 11.6. The van der Waals surface area contributed by atoms with E-state index < -0.39 is 17.5 Å². The topological polar surface area (TPSA) is 78.4 Å². The number of hydrogen-bond donors (Lipinski definition) is 3. The van der Waals surface area contributed by atoms with Crippen molar-refractivity contribution < 1.29 is 14.7 Å². The van der Waals surface area contributed by atoms with E-state index in [1.807, 2.05) is 6.92 Å². The summed E-state index contributed by atoms with van der Waals surface area (Å²) in [6.07, 6.45) is 3.38. The van der Waals surface area contributed by atoms with Gasteiger partial charge in [-0.15, -0.1) is 0 Å². The van der Waals surface area contributed by atoms with Crippen molar-refractivity contribution in [2.75, 3.05) is 6.54 Å². The van der Waals surface area contributed by atoms with Gasteiger partial charge < -0.3 is 15.7 Å². The molecule has 0 radical (unpaired) electrons. The second kappa shape index (κ2) is 4.94. The lowest BCUT2D eigenvalue weighted by molar-refractivity contribution is -0.144. The zero-order valence-electron chi connectivity index (χ0n) is 10.8. The van der Waals surface area contributed by atoms with Crippen LogP contribution < -0.4 is 10.6 Å². The van der Waals surface area contributed by atoms with Crippen molar-refractivity contribution in [2.45, 2.75) is 52.0 Å². The molecular formula is C12H22N2O3. The molecule has 5 heteroatoms. The summed E-state index contributed by atoms with van der Waals surface area (Å²) in [5.41, 5.74) is -0.953. The van der Waals surface area contributed by atoms with Crippen LogP contribution in [0.25, 0.3) is 0 Å². The number of hydrogen-bond acceptors (Lipinski definition) is 2. The zero-order valence-corrected chi connectivity index (χ0v) is 10.8. The second-order valence-electron chi connectivity index (χ2n) is 5.51. The maximum atomic E-state index is 11.6. The van der Waals surface area contributed by atoms with Crippen molar-refractivity contribution in [3.05, 3.63) is 0 Å². The van der Waals surface area contributed by atoms with Gasteiger partial charge in [0.25, 0.3) is 0 Å². The molecule has 0 bridgehead atoms. The van der Waals surface area contributed by atoms with Crippen LogP contribution >= 0.6 is 0 Å². The van der Waals surface area contributed by atoms with Crippen molar-refractivity contribution >= 4 is 12.0 Å². The summed E-state index contributed by atoms with van der Waals surface area (Å²) in [5.74, 6) is -0.993. The monoisotopic (exact) mass is 242 g/mol. The summed E-state index contributed by atoms with van der Waals surface area (Å²) < 4.78 is 0. The number of carbonyl (C=O) groups excluding carboxylic acids is 1. The molecule has 2 amide bonds. The summed E-state index contributed by atoms with van der Waals surface area (Å²) in [5, 5.41) is 14.4. The van der Waals surface area contributed by atoms with E-state index in [9.17, 15) is 9.59 Å². The molecule has 1 aliphatic rings. The van der Waals surface area contributed by atoms with Gasteiger partial charge in [0.15, 0.2) is 0 Å². The lowest BCUT2D eigenvalue weighted by Gasteiger charge is -2.26. The molecule has 0 spiro atoms. The molecule has 5 nitrogen and oxygen atoms in total. The number of urea groups is 1. The molecule has 1 fully saturated rings. The van der Waals surface area contributed by atoms with Crippen LogP contribution in [0.5, 0.6) is 0 Å². The Kier molecular flexibility index (Phi) is 4.01. The van der Waals surface area contributed by atoms with Gasteiger partial charge in [-0.2, -0.15) is 0 Å². The van der Waals surface area contributed by atoms with Gasteiger partial charge in [0.1, 0.15) is 5.54 Å². The number of amides is 2. The lowest BCUT2D eigenvalue weighted by atomic mass is 9.96. The number of carboxylic acid groups (broad SMARTS) is 1. The summed E-state index contributed by atoms with van der Waals surface area (Å²) >= 11 is 0. The molecule has 0 aliphatic heterocycles. The molecular weight excluding hydrogens is 220 g/mol. The van der Waals surface area contributed by atoms with E-state index in [-0.39, 0.29) is 5.41 Å². The number of carbonyl (C=O) groups is 2. The first-order valence-electron chi connectivity index (χ1n) is 6.11. The SMILES string of the molecule is CCCC(C)(NC(=O)NCC1(C)CC1)C(=O)O. The van der Waals surface area contributed by atoms with Gasteiger partial charge in [-0.3, -0.25) is 0 Å². The lowest BCUT2D eigenvalue weighted by Crippen LogP contribution is -2.55. The molecule has 17 heavy (non-hydrogen) atoms. The smallest absolute Gasteiger partial charge is 0.329 e. The third-order valence-corrected chi connectivity index (χ3v) is 3.39. The minimum atomic E-state index is -1.18. The Morgan fingerprint density at radius 1 is 1.41 bits per heavy atom. The third-order valence-electron chi connectivity index (χ3n) is 3.39. The van der Waals surface area contributed by atoms with E-state index in [1.165, 1.54) is 6.92 Å². The van der Waals surface area contributed by atoms with E-state index in [1.54, 1.807) is 0 Å². The Hall–Kier alpha value is -1.26. The van der Waals surface area contributed by atoms with Crippen LogP contribution in [-0.4, -0.2) is 29.2 Å². The van der Waals surface area contributed by atoms with E-state index in [2.05, 4.69) is 17.6 Å². The highest BCUT2D eigenvalue weighted by Crippen LogP contribution is 2.43. The highest BCUT2D eigenvalue weighted by molar-refractivity contribution is 5.85. The Balaban J connectivity index is 2.43. The Bertz CT molecular complexity index is 313. The maximum Gasteiger partial charge on any atom is 0.329 e. The van der Waals surface area contributed by atoms with Gasteiger partial charge in [0, 0.05) is 6.54 Å². The van der Waals surface area contributed by atoms with E-state index in [0.29, 0.717) is 19.4 Å². The largest absolute Gasteiger partial charge is 0.480 e. The number of nitrogens with one attached hydrogen (secondary N) is 2. The van der Waals surface area contributed by atoms with Crippen molar-refractivity contribution in [1.29, 1.82) is 0 Å². The van der Waals surface area contributed by atoms with Crippen molar-refractivity contribution in [2.24, 2.45) is 5.41 Å². The fraction of sp³-hybridized carbons (Fsp3) is 0.833. The molecule has 98 valence electrons. The summed E-state index contributed by atoms with van der Waals surface area (Å²) in [6.45, 7) is 6.15. The highest BCUT2D eigenvalue weighted by atomic mass is 16.4. The van der Waals surface area contributed by atoms with Gasteiger partial charge in [-0.1, -0.05) is 20.3 Å². The average molecular weight is 242 g/mol. The Morgan fingerprint density at radius 3 is 2.41 bits per heavy atom. The van der Waals surface area contributed by atoms with Gasteiger partial charge >= 0.3 is 12.0 Å². The first kappa shape index (κ1) is 13.8.